The zero-order valence-corrected chi connectivity index (χ0v) is 16.3. The van der Waals surface area contributed by atoms with Gasteiger partial charge in [-0.05, 0) is 59.9 Å². The minimum absolute atomic E-state index is 0.0750. The molecule has 1 aliphatic heterocycles. The third kappa shape index (κ3) is 3.30. The fourth-order valence-corrected chi connectivity index (χ4v) is 5.64. The van der Waals surface area contributed by atoms with Crippen LogP contribution in [0.3, 0.4) is 0 Å². The number of nitrogens with zero attached hydrogens (tertiary/aromatic N) is 2. The van der Waals surface area contributed by atoms with E-state index in [9.17, 15) is 9.59 Å². The molecular weight excluding hydrogens is 348 g/mol. The summed E-state index contributed by atoms with van der Waals surface area (Å²) in [5.41, 5.74) is 0.737. The SMILES string of the molecule is O=C(CC1CC2CCC1C2)N1CCN(C(=O)c2ccc3ccccc3c2)CC1. The molecule has 3 unspecified atom stereocenters. The fraction of sp³-hybridized carbons (Fsp3) is 0.500. The predicted molar refractivity (Wildman–Crippen MR) is 110 cm³/mol. The maximum atomic E-state index is 12.9. The molecule has 2 aromatic carbocycles. The van der Waals surface area contributed by atoms with Gasteiger partial charge in [0.25, 0.3) is 5.91 Å². The van der Waals surface area contributed by atoms with Gasteiger partial charge >= 0.3 is 0 Å². The van der Waals surface area contributed by atoms with Gasteiger partial charge in [0.1, 0.15) is 0 Å². The lowest BCUT2D eigenvalue weighted by Crippen LogP contribution is -2.51. The monoisotopic (exact) mass is 376 g/mol. The topological polar surface area (TPSA) is 40.6 Å². The number of benzene rings is 2. The maximum absolute atomic E-state index is 12.9. The second kappa shape index (κ2) is 7.23. The summed E-state index contributed by atoms with van der Waals surface area (Å²) < 4.78 is 0. The van der Waals surface area contributed by atoms with Crippen molar-refractivity contribution in [2.45, 2.75) is 32.1 Å². The minimum Gasteiger partial charge on any atom is -0.339 e. The van der Waals surface area contributed by atoms with Crippen LogP contribution in [0, 0.1) is 17.8 Å². The van der Waals surface area contributed by atoms with E-state index in [0.29, 0.717) is 38.0 Å². The van der Waals surface area contributed by atoms with Crippen LogP contribution in [0.1, 0.15) is 42.5 Å². The van der Waals surface area contributed by atoms with Gasteiger partial charge < -0.3 is 9.80 Å². The highest BCUT2D eigenvalue weighted by atomic mass is 16.2. The van der Waals surface area contributed by atoms with Crippen LogP contribution < -0.4 is 0 Å². The molecule has 0 N–H and O–H groups in total. The predicted octanol–water partition coefficient (Wildman–Crippen LogP) is 3.95. The van der Waals surface area contributed by atoms with E-state index in [1.807, 2.05) is 46.2 Å². The average molecular weight is 377 g/mol. The lowest BCUT2D eigenvalue weighted by Gasteiger charge is -2.36. The Morgan fingerprint density at radius 3 is 2.32 bits per heavy atom. The number of carbonyl (C=O) groups excluding carboxylic acids is 2. The summed E-state index contributed by atoms with van der Waals surface area (Å²) in [6, 6.07) is 14.0. The van der Waals surface area contributed by atoms with Gasteiger partial charge in [-0.2, -0.15) is 0 Å². The minimum atomic E-state index is 0.0750. The zero-order chi connectivity index (χ0) is 19.1. The highest BCUT2D eigenvalue weighted by Crippen LogP contribution is 2.49. The summed E-state index contributed by atoms with van der Waals surface area (Å²) in [5, 5.41) is 2.24. The summed E-state index contributed by atoms with van der Waals surface area (Å²) in [7, 11) is 0. The Balaban J connectivity index is 1.18. The van der Waals surface area contributed by atoms with E-state index in [0.717, 1.165) is 34.6 Å². The van der Waals surface area contributed by atoms with Crippen molar-refractivity contribution in [1.82, 2.24) is 9.80 Å². The molecule has 2 aromatic rings. The molecule has 2 aliphatic carbocycles. The molecule has 1 heterocycles. The summed E-state index contributed by atoms with van der Waals surface area (Å²) in [4.78, 5) is 29.5. The van der Waals surface area contributed by atoms with Crippen LogP contribution in [0.5, 0.6) is 0 Å². The van der Waals surface area contributed by atoms with Crippen molar-refractivity contribution >= 4 is 22.6 Å². The molecular formula is C24H28N2O2. The van der Waals surface area contributed by atoms with Gasteiger partial charge in [0.2, 0.25) is 5.91 Å². The highest BCUT2D eigenvalue weighted by Gasteiger charge is 2.40. The van der Waals surface area contributed by atoms with E-state index >= 15 is 0 Å². The first-order chi connectivity index (χ1) is 13.7. The molecule has 4 heteroatoms. The normalized spacial score (nSPS) is 26.8. The largest absolute Gasteiger partial charge is 0.339 e. The molecule has 1 saturated heterocycles. The lowest BCUT2D eigenvalue weighted by atomic mass is 9.86. The number of carbonyl (C=O) groups is 2. The van der Waals surface area contributed by atoms with E-state index in [-0.39, 0.29) is 5.91 Å². The van der Waals surface area contributed by atoms with Crippen molar-refractivity contribution in [2.24, 2.45) is 17.8 Å². The average Bonchev–Trinajstić information content (AvgIpc) is 3.36. The Morgan fingerprint density at radius 1 is 0.857 bits per heavy atom. The summed E-state index contributed by atoms with van der Waals surface area (Å²) in [6.07, 6.45) is 6.05. The summed E-state index contributed by atoms with van der Waals surface area (Å²) in [5.74, 6) is 2.67. The van der Waals surface area contributed by atoms with Crippen LogP contribution in [0.25, 0.3) is 10.8 Å². The van der Waals surface area contributed by atoms with Crippen molar-refractivity contribution in [3.63, 3.8) is 0 Å². The van der Waals surface area contributed by atoms with Crippen LogP contribution in [0.2, 0.25) is 0 Å². The van der Waals surface area contributed by atoms with Crippen LogP contribution in [0.15, 0.2) is 42.5 Å². The number of piperazine rings is 1. The molecule has 2 bridgehead atoms. The van der Waals surface area contributed by atoms with E-state index in [1.165, 1.54) is 25.7 Å². The molecule has 5 rings (SSSR count). The quantitative estimate of drug-likeness (QED) is 0.814. The van der Waals surface area contributed by atoms with Crippen LogP contribution in [0.4, 0.5) is 0 Å². The van der Waals surface area contributed by atoms with E-state index in [2.05, 4.69) is 6.07 Å². The van der Waals surface area contributed by atoms with Gasteiger partial charge in [0, 0.05) is 38.2 Å². The first-order valence-corrected chi connectivity index (χ1v) is 10.7. The van der Waals surface area contributed by atoms with Crippen LogP contribution >= 0.6 is 0 Å². The third-order valence-electron chi connectivity index (χ3n) is 7.24. The van der Waals surface area contributed by atoms with Crippen molar-refractivity contribution in [1.29, 1.82) is 0 Å². The second-order valence-electron chi connectivity index (χ2n) is 8.87. The summed E-state index contributed by atoms with van der Waals surface area (Å²) in [6.45, 7) is 2.60. The van der Waals surface area contributed by atoms with Crippen molar-refractivity contribution in [3.05, 3.63) is 48.0 Å². The van der Waals surface area contributed by atoms with Crippen molar-refractivity contribution in [3.8, 4) is 0 Å². The molecule has 0 radical (unpaired) electrons. The van der Waals surface area contributed by atoms with Gasteiger partial charge in [-0.3, -0.25) is 9.59 Å². The molecule has 2 saturated carbocycles. The zero-order valence-electron chi connectivity index (χ0n) is 16.3. The Morgan fingerprint density at radius 2 is 1.61 bits per heavy atom. The van der Waals surface area contributed by atoms with Gasteiger partial charge in [-0.25, -0.2) is 0 Å². The molecule has 4 nitrogen and oxygen atoms in total. The number of hydrogen-bond acceptors (Lipinski definition) is 2. The van der Waals surface area contributed by atoms with Gasteiger partial charge in [0.05, 0.1) is 0 Å². The smallest absolute Gasteiger partial charge is 0.253 e. The number of amides is 2. The first-order valence-electron chi connectivity index (χ1n) is 10.7. The Bertz CT molecular complexity index is 900. The molecule has 0 aromatic heterocycles. The molecule has 0 spiro atoms. The molecule has 28 heavy (non-hydrogen) atoms. The molecule has 146 valence electrons. The number of rotatable bonds is 3. The highest BCUT2D eigenvalue weighted by molar-refractivity contribution is 5.98. The van der Waals surface area contributed by atoms with Gasteiger partial charge in [-0.1, -0.05) is 36.8 Å². The number of hydrogen-bond donors (Lipinski definition) is 0. The Kier molecular flexibility index (Phi) is 4.58. The molecule has 3 fully saturated rings. The summed E-state index contributed by atoms with van der Waals surface area (Å²) >= 11 is 0. The van der Waals surface area contributed by atoms with Crippen molar-refractivity contribution in [2.75, 3.05) is 26.2 Å². The van der Waals surface area contributed by atoms with E-state index < -0.39 is 0 Å². The standard InChI is InChI=1S/C24H28N2O2/c27-23(16-22-14-17-5-6-20(22)13-17)25-9-11-26(12-10-25)24(28)21-8-7-18-3-1-2-4-19(18)15-21/h1-4,7-8,15,17,20,22H,5-6,9-14,16H2. The molecule has 2 amide bonds. The van der Waals surface area contributed by atoms with Gasteiger partial charge in [-0.15, -0.1) is 0 Å². The van der Waals surface area contributed by atoms with E-state index in [4.69, 9.17) is 0 Å². The van der Waals surface area contributed by atoms with E-state index in [1.54, 1.807) is 0 Å². The Hall–Kier alpha value is -2.36. The molecule has 3 aliphatic rings. The van der Waals surface area contributed by atoms with Gasteiger partial charge in [0.15, 0.2) is 0 Å². The second-order valence-corrected chi connectivity index (χ2v) is 8.87. The maximum Gasteiger partial charge on any atom is 0.253 e. The van der Waals surface area contributed by atoms with Crippen LogP contribution in [-0.2, 0) is 4.79 Å². The third-order valence-corrected chi connectivity index (χ3v) is 7.24. The number of fused-ring (bicyclic) bond motifs is 3. The van der Waals surface area contributed by atoms with Crippen LogP contribution in [-0.4, -0.2) is 47.8 Å². The molecule has 3 atom stereocenters. The fourth-order valence-electron chi connectivity index (χ4n) is 5.64. The first kappa shape index (κ1) is 17.7. The van der Waals surface area contributed by atoms with Crippen molar-refractivity contribution < 1.29 is 9.59 Å². The lowest BCUT2D eigenvalue weighted by molar-refractivity contribution is -0.134. The Labute approximate surface area is 166 Å².